The van der Waals surface area contributed by atoms with Gasteiger partial charge in [0.2, 0.25) is 0 Å². The molecule has 0 aliphatic carbocycles. The third-order valence-electron chi connectivity index (χ3n) is 2.63. The van der Waals surface area contributed by atoms with Crippen LogP contribution in [0.3, 0.4) is 0 Å². The van der Waals surface area contributed by atoms with Crippen molar-refractivity contribution in [1.82, 2.24) is 0 Å². The van der Waals surface area contributed by atoms with Crippen molar-refractivity contribution in [2.24, 2.45) is 5.73 Å². The summed E-state index contributed by atoms with van der Waals surface area (Å²) < 4.78 is 38.9. The van der Waals surface area contributed by atoms with Gasteiger partial charge >= 0.3 is 6.18 Å². The molecule has 0 saturated carbocycles. The molecule has 106 valence electrons. The van der Waals surface area contributed by atoms with Crippen molar-refractivity contribution in [2.45, 2.75) is 22.5 Å². The largest absolute Gasteiger partial charge is 0.416 e. The fourth-order valence-corrected chi connectivity index (χ4v) is 3.22. The van der Waals surface area contributed by atoms with E-state index in [1.807, 2.05) is 24.3 Å². The van der Waals surface area contributed by atoms with Crippen LogP contribution in [0.25, 0.3) is 0 Å². The smallest absolute Gasteiger partial charge is 0.326 e. The van der Waals surface area contributed by atoms with Crippen LogP contribution >= 0.6 is 27.7 Å². The molecule has 0 aliphatic rings. The molecule has 0 saturated heterocycles. The van der Waals surface area contributed by atoms with Crippen LogP contribution in [0.4, 0.5) is 13.2 Å². The van der Waals surface area contributed by atoms with Gasteiger partial charge in [-0.15, -0.1) is 0 Å². The third-order valence-corrected chi connectivity index (χ3v) is 4.23. The average molecular weight is 362 g/mol. The Morgan fingerprint density at radius 1 is 1.10 bits per heavy atom. The van der Waals surface area contributed by atoms with Gasteiger partial charge in [-0.3, -0.25) is 0 Å². The number of hydrogen-bond donors (Lipinski definition) is 1. The van der Waals surface area contributed by atoms with E-state index in [0.717, 1.165) is 26.4 Å². The number of rotatable bonds is 3. The molecule has 2 aromatic carbocycles. The zero-order valence-corrected chi connectivity index (χ0v) is 12.6. The summed E-state index contributed by atoms with van der Waals surface area (Å²) in [4.78, 5) is 1.67. The Morgan fingerprint density at radius 2 is 1.85 bits per heavy atom. The first-order valence-electron chi connectivity index (χ1n) is 5.74. The maximum absolute atomic E-state index is 12.7. The summed E-state index contributed by atoms with van der Waals surface area (Å²) in [5.41, 5.74) is 5.38. The van der Waals surface area contributed by atoms with E-state index in [9.17, 15) is 13.2 Å². The molecule has 2 rings (SSSR count). The molecule has 2 aromatic rings. The lowest BCUT2D eigenvalue weighted by atomic mass is 10.1. The van der Waals surface area contributed by atoms with Crippen LogP contribution in [0.15, 0.2) is 56.7 Å². The van der Waals surface area contributed by atoms with Crippen LogP contribution in [0, 0.1) is 0 Å². The van der Waals surface area contributed by atoms with Crippen LogP contribution in [0.1, 0.15) is 11.1 Å². The van der Waals surface area contributed by atoms with E-state index in [1.165, 1.54) is 17.8 Å². The Balaban J connectivity index is 2.33. The van der Waals surface area contributed by atoms with Gasteiger partial charge in [0.25, 0.3) is 0 Å². The molecule has 0 atom stereocenters. The van der Waals surface area contributed by atoms with Gasteiger partial charge in [0, 0.05) is 20.8 Å². The lowest BCUT2D eigenvalue weighted by Crippen LogP contribution is -2.07. The minimum atomic E-state index is -4.34. The minimum absolute atomic E-state index is 0.0697. The maximum atomic E-state index is 12.7. The molecular formula is C14H11BrF3NS. The molecule has 0 bridgehead atoms. The second kappa shape index (κ2) is 6.20. The Labute approximate surface area is 127 Å². The van der Waals surface area contributed by atoms with Gasteiger partial charge in [-0.25, -0.2) is 0 Å². The van der Waals surface area contributed by atoms with Gasteiger partial charge in [0.05, 0.1) is 5.56 Å². The van der Waals surface area contributed by atoms with Crippen molar-refractivity contribution < 1.29 is 13.2 Å². The SMILES string of the molecule is NCc1cc(C(F)(F)F)ccc1Sc1cccc(Br)c1. The normalized spacial score (nSPS) is 11.7. The Morgan fingerprint density at radius 3 is 2.45 bits per heavy atom. The summed E-state index contributed by atoms with van der Waals surface area (Å²) in [7, 11) is 0. The highest BCUT2D eigenvalue weighted by molar-refractivity contribution is 9.10. The van der Waals surface area contributed by atoms with Crippen molar-refractivity contribution in [1.29, 1.82) is 0 Å². The van der Waals surface area contributed by atoms with Crippen LogP contribution in [-0.2, 0) is 12.7 Å². The minimum Gasteiger partial charge on any atom is -0.326 e. The number of halogens is 4. The number of benzene rings is 2. The topological polar surface area (TPSA) is 26.0 Å². The van der Waals surface area contributed by atoms with E-state index in [-0.39, 0.29) is 6.54 Å². The van der Waals surface area contributed by atoms with Crippen LogP contribution in [0.2, 0.25) is 0 Å². The third kappa shape index (κ3) is 3.77. The van der Waals surface area contributed by atoms with Crippen LogP contribution in [0.5, 0.6) is 0 Å². The van der Waals surface area contributed by atoms with E-state index < -0.39 is 11.7 Å². The Bertz CT molecular complexity index is 614. The number of alkyl halides is 3. The first kappa shape index (κ1) is 15.4. The highest BCUT2D eigenvalue weighted by Crippen LogP contribution is 2.36. The summed E-state index contributed by atoms with van der Waals surface area (Å²) in [6.07, 6.45) is -4.34. The molecule has 20 heavy (non-hydrogen) atoms. The molecule has 0 unspecified atom stereocenters. The van der Waals surface area contributed by atoms with Crippen molar-refractivity contribution in [3.05, 3.63) is 58.1 Å². The molecule has 2 N–H and O–H groups in total. The molecular weight excluding hydrogens is 351 g/mol. The second-order valence-corrected chi connectivity index (χ2v) is 6.11. The van der Waals surface area contributed by atoms with Crippen LogP contribution < -0.4 is 5.73 Å². The van der Waals surface area contributed by atoms with Crippen LogP contribution in [-0.4, -0.2) is 0 Å². The molecule has 6 heteroatoms. The fraction of sp³-hybridized carbons (Fsp3) is 0.143. The first-order chi connectivity index (χ1) is 9.40. The standard InChI is InChI=1S/C14H11BrF3NS/c15-11-2-1-3-12(7-11)20-13-5-4-10(14(16,17)18)6-9(13)8-19/h1-7H,8,19H2. The summed E-state index contributed by atoms with van der Waals surface area (Å²) in [5, 5.41) is 0. The van der Waals surface area contributed by atoms with E-state index in [0.29, 0.717) is 5.56 Å². The molecule has 0 aliphatic heterocycles. The Kier molecular flexibility index (Phi) is 4.78. The molecule has 0 amide bonds. The molecule has 0 heterocycles. The molecule has 0 radical (unpaired) electrons. The lowest BCUT2D eigenvalue weighted by Gasteiger charge is -2.12. The van der Waals surface area contributed by atoms with Crippen molar-refractivity contribution in [3.8, 4) is 0 Å². The highest BCUT2D eigenvalue weighted by Gasteiger charge is 2.30. The summed E-state index contributed by atoms with van der Waals surface area (Å²) in [6.45, 7) is 0.0697. The van der Waals surface area contributed by atoms with Gasteiger partial charge in [0.1, 0.15) is 0 Å². The van der Waals surface area contributed by atoms with Crippen molar-refractivity contribution in [2.75, 3.05) is 0 Å². The zero-order valence-electron chi connectivity index (χ0n) is 10.2. The predicted octanol–water partition coefficient (Wildman–Crippen LogP) is 5.08. The summed E-state index contributed by atoms with van der Waals surface area (Å²) in [6, 6.07) is 11.2. The van der Waals surface area contributed by atoms with Crippen molar-refractivity contribution >= 4 is 27.7 Å². The Hall–Kier alpha value is -0.980. The molecule has 0 spiro atoms. The fourth-order valence-electron chi connectivity index (χ4n) is 1.67. The maximum Gasteiger partial charge on any atom is 0.416 e. The van der Waals surface area contributed by atoms with E-state index in [1.54, 1.807) is 0 Å². The number of hydrogen-bond acceptors (Lipinski definition) is 2. The molecule has 1 nitrogen and oxygen atoms in total. The zero-order chi connectivity index (χ0) is 14.8. The van der Waals surface area contributed by atoms with Gasteiger partial charge < -0.3 is 5.73 Å². The number of nitrogens with two attached hydrogens (primary N) is 1. The summed E-state index contributed by atoms with van der Waals surface area (Å²) >= 11 is 4.76. The molecule has 0 aromatic heterocycles. The van der Waals surface area contributed by atoms with Gasteiger partial charge in [-0.1, -0.05) is 33.8 Å². The predicted molar refractivity (Wildman–Crippen MR) is 77.6 cm³/mol. The van der Waals surface area contributed by atoms with E-state index >= 15 is 0 Å². The van der Waals surface area contributed by atoms with Gasteiger partial charge in [0.15, 0.2) is 0 Å². The first-order valence-corrected chi connectivity index (χ1v) is 7.34. The lowest BCUT2D eigenvalue weighted by molar-refractivity contribution is -0.137. The molecule has 0 fully saturated rings. The van der Waals surface area contributed by atoms with Gasteiger partial charge in [-0.05, 0) is 42.0 Å². The highest BCUT2D eigenvalue weighted by atomic mass is 79.9. The second-order valence-electron chi connectivity index (χ2n) is 4.08. The van der Waals surface area contributed by atoms with Gasteiger partial charge in [-0.2, -0.15) is 13.2 Å². The quantitative estimate of drug-likeness (QED) is 0.824. The average Bonchev–Trinajstić information content (AvgIpc) is 2.38. The summed E-state index contributed by atoms with van der Waals surface area (Å²) in [5.74, 6) is 0. The van der Waals surface area contributed by atoms with E-state index in [2.05, 4.69) is 15.9 Å². The van der Waals surface area contributed by atoms with E-state index in [4.69, 9.17) is 5.73 Å². The monoisotopic (exact) mass is 361 g/mol. The van der Waals surface area contributed by atoms with Crippen molar-refractivity contribution in [3.63, 3.8) is 0 Å².